The number of amides is 2. The van der Waals surface area contributed by atoms with E-state index >= 15 is 0 Å². The maximum Gasteiger partial charge on any atom is 0.308 e. The first-order valence-electron chi connectivity index (χ1n) is 9.10. The second-order valence-corrected chi connectivity index (χ2v) is 6.87. The van der Waals surface area contributed by atoms with Gasteiger partial charge >= 0.3 is 5.97 Å². The number of carbonyl (C=O) groups excluding carboxylic acids is 2. The summed E-state index contributed by atoms with van der Waals surface area (Å²) in [5.74, 6) is -0.669. The molecule has 0 bridgehead atoms. The molecule has 1 aromatic carbocycles. The molecule has 0 saturated heterocycles. The normalized spacial score (nSPS) is 21.6. The van der Waals surface area contributed by atoms with Crippen LogP contribution in [0.4, 0.5) is 5.69 Å². The van der Waals surface area contributed by atoms with Crippen LogP contribution in [0.15, 0.2) is 18.2 Å². The highest BCUT2D eigenvalue weighted by Crippen LogP contribution is 2.27. The summed E-state index contributed by atoms with van der Waals surface area (Å²) in [5.41, 5.74) is 1.89. The minimum absolute atomic E-state index is 0.0320. The first-order chi connectivity index (χ1) is 12.5. The third kappa shape index (κ3) is 4.53. The Balaban J connectivity index is 1.39. The van der Waals surface area contributed by atoms with Crippen LogP contribution < -0.4 is 15.4 Å². The zero-order valence-electron chi connectivity index (χ0n) is 14.6. The van der Waals surface area contributed by atoms with Crippen molar-refractivity contribution in [2.24, 2.45) is 5.92 Å². The summed E-state index contributed by atoms with van der Waals surface area (Å²) in [4.78, 5) is 34.5. The molecule has 1 aromatic rings. The Morgan fingerprint density at radius 2 is 2.12 bits per heavy atom. The number of hydrogen-bond acceptors (Lipinski definition) is 4. The number of hydrogen-bond donors (Lipinski definition) is 3. The molecule has 1 aliphatic heterocycles. The number of fused-ring (bicyclic) bond motifs is 1. The molecule has 0 unspecified atom stereocenters. The monoisotopic (exact) mass is 360 g/mol. The number of ether oxygens (including phenoxy) is 1. The Bertz CT molecular complexity index is 703. The number of carboxylic acid groups (broad SMARTS) is 1. The largest absolute Gasteiger partial charge is 0.494 e. The maximum absolute atomic E-state index is 12.0. The van der Waals surface area contributed by atoms with Crippen molar-refractivity contribution in [3.8, 4) is 5.75 Å². The van der Waals surface area contributed by atoms with Crippen LogP contribution in [0, 0.1) is 5.92 Å². The van der Waals surface area contributed by atoms with Gasteiger partial charge in [0, 0.05) is 24.6 Å². The molecular formula is C19H24N2O5. The third-order valence-corrected chi connectivity index (χ3v) is 4.97. The quantitative estimate of drug-likeness (QED) is 0.646. The van der Waals surface area contributed by atoms with Crippen molar-refractivity contribution in [3.05, 3.63) is 23.8 Å². The Hall–Kier alpha value is -2.57. The minimum atomic E-state index is -0.834. The number of carboxylic acids is 1. The summed E-state index contributed by atoms with van der Waals surface area (Å²) in [5, 5.41) is 14.8. The van der Waals surface area contributed by atoms with Crippen molar-refractivity contribution in [2.45, 2.75) is 51.0 Å². The van der Waals surface area contributed by atoms with Gasteiger partial charge in [-0.25, -0.2) is 0 Å². The number of nitrogens with one attached hydrogen (secondary N) is 2. The van der Waals surface area contributed by atoms with E-state index in [1.54, 1.807) is 6.07 Å². The molecule has 1 fully saturated rings. The van der Waals surface area contributed by atoms with Gasteiger partial charge in [0.25, 0.3) is 0 Å². The van der Waals surface area contributed by atoms with E-state index in [1.807, 2.05) is 12.1 Å². The zero-order valence-corrected chi connectivity index (χ0v) is 14.6. The Kier molecular flexibility index (Phi) is 5.75. The molecular weight excluding hydrogens is 336 g/mol. The van der Waals surface area contributed by atoms with E-state index in [0.717, 1.165) is 29.8 Å². The summed E-state index contributed by atoms with van der Waals surface area (Å²) in [7, 11) is 0. The topological polar surface area (TPSA) is 105 Å². The predicted molar refractivity (Wildman–Crippen MR) is 95.0 cm³/mol. The van der Waals surface area contributed by atoms with Crippen LogP contribution in [0.1, 0.15) is 44.1 Å². The highest BCUT2D eigenvalue weighted by Gasteiger charge is 2.33. The lowest BCUT2D eigenvalue weighted by Crippen LogP contribution is -2.40. The Morgan fingerprint density at radius 3 is 2.92 bits per heavy atom. The van der Waals surface area contributed by atoms with Crippen molar-refractivity contribution < 1.29 is 24.2 Å². The molecule has 7 heteroatoms. The van der Waals surface area contributed by atoms with Gasteiger partial charge < -0.3 is 20.5 Å². The molecule has 0 radical (unpaired) electrons. The predicted octanol–water partition coefficient (Wildman–Crippen LogP) is 2.10. The van der Waals surface area contributed by atoms with Gasteiger partial charge in [-0.15, -0.1) is 0 Å². The zero-order chi connectivity index (χ0) is 18.5. The van der Waals surface area contributed by atoms with Gasteiger partial charge in [-0.1, -0.05) is 6.42 Å². The van der Waals surface area contributed by atoms with E-state index in [4.69, 9.17) is 9.84 Å². The van der Waals surface area contributed by atoms with Crippen LogP contribution in [0.5, 0.6) is 5.75 Å². The lowest BCUT2D eigenvalue weighted by molar-refractivity contribution is -0.142. The molecule has 1 aliphatic carbocycles. The first-order valence-corrected chi connectivity index (χ1v) is 9.10. The van der Waals surface area contributed by atoms with Gasteiger partial charge in [0.2, 0.25) is 11.8 Å². The van der Waals surface area contributed by atoms with E-state index < -0.39 is 11.9 Å². The number of aryl methyl sites for hydroxylation is 1. The number of aliphatic carboxylic acids is 1. The van der Waals surface area contributed by atoms with Crippen molar-refractivity contribution in [2.75, 3.05) is 11.9 Å². The highest BCUT2D eigenvalue weighted by atomic mass is 16.5. The SMILES string of the molecule is O=C1CCc2cc(OCCCC(=O)N[C@H]3CCC[C@H]3C(=O)O)ccc2N1. The molecule has 2 aliphatic rings. The first kappa shape index (κ1) is 18.2. The van der Waals surface area contributed by atoms with Crippen LogP contribution in [-0.4, -0.2) is 35.5 Å². The fourth-order valence-corrected chi connectivity index (χ4v) is 3.58. The van der Waals surface area contributed by atoms with E-state index in [2.05, 4.69) is 10.6 Å². The smallest absolute Gasteiger partial charge is 0.308 e. The number of anilines is 1. The molecule has 2 atom stereocenters. The second kappa shape index (κ2) is 8.21. The molecule has 3 rings (SSSR count). The average molecular weight is 360 g/mol. The van der Waals surface area contributed by atoms with Crippen LogP contribution in [0.2, 0.25) is 0 Å². The summed E-state index contributed by atoms with van der Waals surface area (Å²) in [6.45, 7) is 0.408. The van der Waals surface area contributed by atoms with Crippen LogP contribution in [0.25, 0.3) is 0 Å². The molecule has 0 aromatic heterocycles. The molecule has 1 heterocycles. The maximum atomic E-state index is 12.0. The summed E-state index contributed by atoms with van der Waals surface area (Å²) >= 11 is 0. The van der Waals surface area contributed by atoms with Gasteiger partial charge in [0.15, 0.2) is 0 Å². The van der Waals surface area contributed by atoms with E-state index in [0.29, 0.717) is 38.7 Å². The van der Waals surface area contributed by atoms with Crippen LogP contribution in [0.3, 0.4) is 0 Å². The highest BCUT2D eigenvalue weighted by molar-refractivity contribution is 5.94. The van der Waals surface area contributed by atoms with Gasteiger partial charge in [-0.05, 0) is 49.4 Å². The minimum Gasteiger partial charge on any atom is -0.494 e. The second-order valence-electron chi connectivity index (χ2n) is 6.87. The van der Waals surface area contributed by atoms with Crippen molar-refractivity contribution in [3.63, 3.8) is 0 Å². The fourth-order valence-electron chi connectivity index (χ4n) is 3.58. The molecule has 7 nitrogen and oxygen atoms in total. The summed E-state index contributed by atoms with van der Waals surface area (Å²) < 4.78 is 5.69. The Labute approximate surface area is 152 Å². The van der Waals surface area contributed by atoms with Crippen LogP contribution >= 0.6 is 0 Å². The lowest BCUT2D eigenvalue weighted by Gasteiger charge is -2.18. The van der Waals surface area contributed by atoms with E-state index in [1.165, 1.54) is 0 Å². The molecule has 2 amide bonds. The number of rotatable bonds is 7. The number of benzene rings is 1. The number of carbonyl (C=O) groups is 3. The van der Waals surface area contributed by atoms with Gasteiger partial charge in [0.1, 0.15) is 5.75 Å². The molecule has 0 spiro atoms. The molecule has 26 heavy (non-hydrogen) atoms. The Morgan fingerprint density at radius 1 is 1.27 bits per heavy atom. The lowest BCUT2D eigenvalue weighted by atomic mass is 10.0. The molecule has 1 saturated carbocycles. The van der Waals surface area contributed by atoms with Gasteiger partial charge in [-0.2, -0.15) is 0 Å². The molecule has 3 N–H and O–H groups in total. The fraction of sp³-hybridized carbons (Fsp3) is 0.526. The van der Waals surface area contributed by atoms with Crippen molar-refractivity contribution in [1.82, 2.24) is 5.32 Å². The van der Waals surface area contributed by atoms with Gasteiger partial charge in [-0.3, -0.25) is 14.4 Å². The summed E-state index contributed by atoms with van der Waals surface area (Å²) in [6, 6.07) is 5.31. The van der Waals surface area contributed by atoms with Crippen LogP contribution in [-0.2, 0) is 20.8 Å². The van der Waals surface area contributed by atoms with Crippen molar-refractivity contribution in [1.29, 1.82) is 0 Å². The summed E-state index contributed by atoms with van der Waals surface area (Å²) in [6.07, 6.45) is 4.24. The molecule has 140 valence electrons. The average Bonchev–Trinajstić information content (AvgIpc) is 3.07. The van der Waals surface area contributed by atoms with Crippen molar-refractivity contribution >= 4 is 23.5 Å². The van der Waals surface area contributed by atoms with Gasteiger partial charge in [0.05, 0.1) is 12.5 Å². The third-order valence-electron chi connectivity index (χ3n) is 4.97. The standard InChI is InChI=1S/C19H24N2O5/c22-17(21-16-4-1-3-14(16)19(24)25)5-2-10-26-13-7-8-15-12(11-13)6-9-18(23)20-15/h7-8,11,14,16H,1-6,9-10H2,(H,20,23)(H,21,22)(H,24,25)/t14-,16+/m1/s1. The van der Waals surface area contributed by atoms with E-state index in [9.17, 15) is 14.4 Å². The van der Waals surface area contributed by atoms with E-state index in [-0.39, 0.29) is 17.9 Å².